The Morgan fingerprint density at radius 1 is 1.27 bits per heavy atom. The van der Waals surface area contributed by atoms with E-state index in [9.17, 15) is 9.59 Å². The summed E-state index contributed by atoms with van der Waals surface area (Å²) in [6.45, 7) is 1.61. The number of halogens is 1. The zero-order valence-electron chi connectivity index (χ0n) is 12.1. The van der Waals surface area contributed by atoms with Gasteiger partial charge in [-0.15, -0.1) is 0 Å². The molecule has 116 valence electrons. The van der Waals surface area contributed by atoms with Gasteiger partial charge < -0.3 is 15.2 Å². The van der Waals surface area contributed by atoms with Crippen molar-refractivity contribution < 1.29 is 14.1 Å². The number of carbonyl (C=O) groups excluding carboxylic acids is 2. The maximum absolute atomic E-state index is 11.7. The molecule has 0 spiro atoms. The Labute approximate surface area is 132 Å². The van der Waals surface area contributed by atoms with Gasteiger partial charge in [0.15, 0.2) is 5.82 Å². The van der Waals surface area contributed by atoms with E-state index in [0.717, 1.165) is 5.56 Å². The van der Waals surface area contributed by atoms with Crippen LogP contribution in [0.3, 0.4) is 0 Å². The Bertz CT molecular complexity index is 670. The molecule has 0 radical (unpaired) electrons. The Kier molecular flexibility index (Phi) is 5.55. The van der Waals surface area contributed by atoms with Crippen molar-refractivity contribution in [3.8, 4) is 0 Å². The molecule has 0 atom stereocenters. The molecule has 2 N–H and O–H groups in total. The second-order valence-electron chi connectivity index (χ2n) is 4.78. The molecule has 0 aliphatic rings. The summed E-state index contributed by atoms with van der Waals surface area (Å²) in [6.07, 6.45) is 0.854. The first-order valence-corrected chi connectivity index (χ1v) is 7.15. The predicted octanol–water partition coefficient (Wildman–Crippen LogP) is 2.32. The summed E-state index contributed by atoms with van der Waals surface area (Å²) >= 11 is 5.87. The SMILES string of the molecule is Cc1cc(NC(=O)CNC(=O)CCc2cccc(Cl)c2)no1. The van der Waals surface area contributed by atoms with Gasteiger partial charge in [-0.3, -0.25) is 9.59 Å². The highest BCUT2D eigenvalue weighted by Gasteiger charge is 2.08. The Morgan fingerprint density at radius 2 is 2.09 bits per heavy atom. The zero-order valence-corrected chi connectivity index (χ0v) is 12.8. The standard InChI is InChI=1S/C15H16ClN3O3/c1-10-7-13(19-22-10)18-15(21)9-17-14(20)6-5-11-3-2-4-12(16)8-11/h2-4,7-8H,5-6,9H2,1H3,(H,17,20)(H,18,19,21). The van der Waals surface area contributed by atoms with E-state index in [4.69, 9.17) is 16.1 Å². The van der Waals surface area contributed by atoms with Crippen LogP contribution in [0.15, 0.2) is 34.9 Å². The van der Waals surface area contributed by atoms with Gasteiger partial charge in [-0.1, -0.05) is 28.9 Å². The van der Waals surface area contributed by atoms with Gasteiger partial charge in [-0.2, -0.15) is 0 Å². The minimum Gasteiger partial charge on any atom is -0.360 e. The fourth-order valence-corrected chi connectivity index (χ4v) is 2.04. The van der Waals surface area contributed by atoms with Crippen LogP contribution < -0.4 is 10.6 Å². The summed E-state index contributed by atoms with van der Waals surface area (Å²) in [5.74, 6) is 0.368. The van der Waals surface area contributed by atoms with Gasteiger partial charge >= 0.3 is 0 Å². The number of hydrogen-bond donors (Lipinski definition) is 2. The minimum atomic E-state index is -0.357. The molecule has 0 aliphatic heterocycles. The minimum absolute atomic E-state index is 0.111. The van der Waals surface area contributed by atoms with E-state index in [1.165, 1.54) is 0 Å². The number of anilines is 1. The molecule has 2 amide bonds. The third-order valence-electron chi connectivity index (χ3n) is 2.87. The van der Waals surface area contributed by atoms with Crippen LogP contribution in [-0.2, 0) is 16.0 Å². The summed E-state index contributed by atoms with van der Waals surface area (Å²) in [5, 5.41) is 9.35. The topological polar surface area (TPSA) is 84.2 Å². The molecule has 7 heteroatoms. The number of rotatable bonds is 6. The number of nitrogens with zero attached hydrogens (tertiary/aromatic N) is 1. The van der Waals surface area contributed by atoms with Crippen molar-refractivity contribution in [2.75, 3.05) is 11.9 Å². The molecule has 0 unspecified atom stereocenters. The van der Waals surface area contributed by atoms with Crippen molar-refractivity contribution in [2.24, 2.45) is 0 Å². The molecule has 22 heavy (non-hydrogen) atoms. The smallest absolute Gasteiger partial charge is 0.245 e. The number of benzene rings is 1. The molecule has 1 aromatic carbocycles. The largest absolute Gasteiger partial charge is 0.360 e. The lowest BCUT2D eigenvalue weighted by atomic mass is 10.1. The molecule has 1 heterocycles. The summed E-state index contributed by atoms with van der Waals surface area (Å²) < 4.78 is 4.83. The number of nitrogens with one attached hydrogen (secondary N) is 2. The first-order valence-electron chi connectivity index (χ1n) is 6.77. The van der Waals surface area contributed by atoms with Crippen molar-refractivity contribution in [3.05, 3.63) is 46.7 Å². The van der Waals surface area contributed by atoms with Crippen molar-refractivity contribution in [3.63, 3.8) is 0 Å². The lowest BCUT2D eigenvalue weighted by Crippen LogP contribution is -2.33. The van der Waals surface area contributed by atoms with Crippen LogP contribution >= 0.6 is 11.6 Å². The van der Waals surface area contributed by atoms with Crippen LogP contribution in [0.1, 0.15) is 17.7 Å². The van der Waals surface area contributed by atoms with Gasteiger partial charge in [0.25, 0.3) is 0 Å². The Morgan fingerprint density at radius 3 is 2.77 bits per heavy atom. The fraction of sp³-hybridized carbons (Fsp3) is 0.267. The van der Waals surface area contributed by atoms with Crippen LogP contribution in [0, 0.1) is 6.92 Å². The molecule has 0 saturated heterocycles. The monoisotopic (exact) mass is 321 g/mol. The number of aryl methyl sites for hydroxylation is 2. The number of amides is 2. The molecular formula is C15H16ClN3O3. The zero-order chi connectivity index (χ0) is 15.9. The number of carbonyl (C=O) groups is 2. The second-order valence-corrected chi connectivity index (χ2v) is 5.21. The Hall–Kier alpha value is -2.34. The van der Waals surface area contributed by atoms with Crippen molar-refractivity contribution in [1.29, 1.82) is 0 Å². The van der Waals surface area contributed by atoms with E-state index in [2.05, 4.69) is 15.8 Å². The van der Waals surface area contributed by atoms with Gasteiger partial charge in [0.05, 0.1) is 6.54 Å². The lowest BCUT2D eigenvalue weighted by molar-refractivity contribution is -0.124. The molecule has 0 bridgehead atoms. The quantitative estimate of drug-likeness (QED) is 0.855. The van der Waals surface area contributed by atoms with Gasteiger partial charge in [-0.05, 0) is 31.0 Å². The van der Waals surface area contributed by atoms with E-state index < -0.39 is 0 Å². The van der Waals surface area contributed by atoms with Crippen LogP contribution in [0.25, 0.3) is 0 Å². The predicted molar refractivity (Wildman–Crippen MR) is 82.7 cm³/mol. The van der Waals surface area contributed by atoms with Gasteiger partial charge in [0.1, 0.15) is 5.76 Å². The van der Waals surface area contributed by atoms with Crippen molar-refractivity contribution in [2.45, 2.75) is 19.8 Å². The molecule has 2 aromatic rings. The fourth-order valence-electron chi connectivity index (χ4n) is 1.83. The van der Waals surface area contributed by atoms with E-state index in [-0.39, 0.29) is 24.8 Å². The third-order valence-corrected chi connectivity index (χ3v) is 3.11. The van der Waals surface area contributed by atoms with Gasteiger partial charge in [0, 0.05) is 17.5 Å². The molecule has 0 aliphatic carbocycles. The van der Waals surface area contributed by atoms with E-state index in [1.54, 1.807) is 19.1 Å². The van der Waals surface area contributed by atoms with E-state index in [1.807, 2.05) is 18.2 Å². The van der Waals surface area contributed by atoms with Gasteiger partial charge in [-0.25, -0.2) is 0 Å². The maximum Gasteiger partial charge on any atom is 0.245 e. The van der Waals surface area contributed by atoms with Gasteiger partial charge in [0.2, 0.25) is 11.8 Å². The summed E-state index contributed by atoms with van der Waals surface area (Å²) in [5.41, 5.74) is 0.977. The summed E-state index contributed by atoms with van der Waals surface area (Å²) in [7, 11) is 0. The average molecular weight is 322 g/mol. The highest BCUT2D eigenvalue weighted by atomic mass is 35.5. The van der Waals surface area contributed by atoms with Crippen LogP contribution in [0.4, 0.5) is 5.82 Å². The van der Waals surface area contributed by atoms with E-state index >= 15 is 0 Å². The Balaban J connectivity index is 1.70. The first kappa shape index (κ1) is 16.0. The van der Waals surface area contributed by atoms with E-state index in [0.29, 0.717) is 23.0 Å². The normalized spacial score (nSPS) is 10.3. The van der Waals surface area contributed by atoms with Crippen molar-refractivity contribution >= 4 is 29.2 Å². The lowest BCUT2D eigenvalue weighted by Gasteiger charge is -2.05. The highest BCUT2D eigenvalue weighted by Crippen LogP contribution is 2.12. The molecular weight excluding hydrogens is 306 g/mol. The second kappa shape index (κ2) is 7.61. The molecule has 0 saturated carbocycles. The maximum atomic E-state index is 11.7. The summed E-state index contributed by atoms with van der Waals surface area (Å²) in [4.78, 5) is 23.3. The molecule has 2 rings (SSSR count). The number of aromatic nitrogens is 1. The van der Waals surface area contributed by atoms with Crippen molar-refractivity contribution in [1.82, 2.24) is 10.5 Å². The summed E-state index contributed by atoms with van der Waals surface area (Å²) in [6, 6.07) is 8.93. The van der Waals surface area contributed by atoms with Crippen LogP contribution in [-0.4, -0.2) is 23.5 Å². The van der Waals surface area contributed by atoms with Crippen LogP contribution in [0.5, 0.6) is 0 Å². The third kappa shape index (κ3) is 5.21. The highest BCUT2D eigenvalue weighted by molar-refractivity contribution is 6.30. The molecule has 0 fully saturated rings. The average Bonchev–Trinajstić information content (AvgIpc) is 2.88. The molecule has 1 aromatic heterocycles. The molecule has 6 nitrogen and oxygen atoms in total. The number of hydrogen-bond acceptors (Lipinski definition) is 4. The van der Waals surface area contributed by atoms with Crippen LogP contribution in [0.2, 0.25) is 5.02 Å². The first-order chi connectivity index (χ1) is 10.5.